The lowest BCUT2D eigenvalue weighted by molar-refractivity contribution is -0.145. The number of hydrogen-bond acceptors (Lipinski definition) is 5. The van der Waals surface area contributed by atoms with Crippen molar-refractivity contribution in [3.05, 3.63) is 29.8 Å². The zero-order chi connectivity index (χ0) is 17.3. The van der Waals surface area contributed by atoms with Crippen molar-refractivity contribution in [1.82, 2.24) is 9.80 Å². The van der Waals surface area contributed by atoms with Gasteiger partial charge in [0.1, 0.15) is 0 Å². The van der Waals surface area contributed by atoms with Crippen molar-refractivity contribution < 1.29 is 9.47 Å². The van der Waals surface area contributed by atoms with Crippen molar-refractivity contribution >= 4 is 5.69 Å². The van der Waals surface area contributed by atoms with Crippen LogP contribution in [-0.4, -0.2) is 75.1 Å². The van der Waals surface area contributed by atoms with Crippen LogP contribution in [0.5, 0.6) is 0 Å². The summed E-state index contributed by atoms with van der Waals surface area (Å²) in [7, 11) is 4.49. The molecule has 0 atom stereocenters. The Kier molecular flexibility index (Phi) is 5.00. The van der Waals surface area contributed by atoms with Crippen LogP contribution in [0.25, 0.3) is 0 Å². The summed E-state index contributed by atoms with van der Waals surface area (Å²) in [5.74, 6) is -0.325. The zero-order valence-electron chi connectivity index (χ0n) is 15.6. The molecule has 0 bridgehead atoms. The number of benzene rings is 1. The molecule has 3 fully saturated rings. The van der Waals surface area contributed by atoms with Crippen molar-refractivity contribution in [2.24, 2.45) is 0 Å². The number of para-hydroxylation sites is 1. The van der Waals surface area contributed by atoms with Crippen LogP contribution in [-0.2, 0) is 16.0 Å². The highest BCUT2D eigenvalue weighted by molar-refractivity contribution is 5.54. The van der Waals surface area contributed by atoms with E-state index in [2.05, 4.69) is 53.1 Å². The lowest BCUT2D eigenvalue weighted by atomic mass is 10.0. The van der Waals surface area contributed by atoms with E-state index in [4.69, 9.17) is 9.47 Å². The molecule has 5 nitrogen and oxygen atoms in total. The number of rotatable bonds is 4. The second-order valence-corrected chi connectivity index (χ2v) is 7.84. The summed E-state index contributed by atoms with van der Waals surface area (Å²) >= 11 is 0. The number of ether oxygens (including phenoxy) is 2. The monoisotopic (exact) mass is 345 g/mol. The molecule has 138 valence electrons. The van der Waals surface area contributed by atoms with Crippen molar-refractivity contribution in [2.45, 2.75) is 37.6 Å². The lowest BCUT2D eigenvalue weighted by Gasteiger charge is -2.37. The largest absolute Gasteiger partial charge is 0.371 e. The first-order valence-electron chi connectivity index (χ1n) is 9.65. The lowest BCUT2D eigenvalue weighted by Crippen LogP contribution is -2.42. The molecule has 0 N–H and O–H groups in total. The first-order valence-corrected chi connectivity index (χ1v) is 9.65. The van der Waals surface area contributed by atoms with Gasteiger partial charge in [-0.25, -0.2) is 0 Å². The molecule has 0 amide bonds. The fourth-order valence-corrected chi connectivity index (χ4v) is 4.50. The Morgan fingerprint density at radius 3 is 2.60 bits per heavy atom. The Hall–Kier alpha value is -1.14. The maximum atomic E-state index is 5.87. The summed E-state index contributed by atoms with van der Waals surface area (Å²) < 4.78 is 11.7. The summed E-state index contributed by atoms with van der Waals surface area (Å²) in [5.41, 5.74) is 2.80. The Bertz CT molecular complexity index is 580. The average Bonchev–Trinajstić information content (AvgIpc) is 3.25. The van der Waals surface area contributed by atoms with Crippen molar-refractivity contribution in [2.75, 3.05) is 58.4 Å². The van der Waals surface area contributed by atoms with E-state index in [-0.39, 0.29) is 5.79 Å². The second kappa shape index (κ2) is 7.23. The summed E-state index contributed by atoms with van der Waals surface area (Å²) in [6.07, 6.45) is 3.48. The quantitative estimate of drug-likeness (QED) is 0.834. The van der Waals surface area contributed by atoms with Gasteiger partial charge in [0.15, 0.2) is 5.79 Å². The highest BCUT2D eigenvalue weighted by Crippen LogP contribution is 2.33. The average molecular weight is 345 g/mol. The van der Waals surface area contributed by atoms with Gasteiger partial charge in [-0.3, -0.25) is 4.90 Å². The molecule has 3 heterocycles. The van der Waals surface area contributed by atoms with Gasteiger partial charge in [-0.05, 0) is 44.6 Å². The van der Waals surface area contributed by atoms with Crippen LogP contribution < -0.4 is 4.90 Å². The Balaban J connectivity index is 1.44. The van der Waals surface area contributed by atoms with Crippen molar-refractivity contribution in [1.29, 1.82) is 0 Å². The minimum Gasteiger partial charge on any atom is -0.371 e. The predicted octanol–water partition coefficient (Wildman–Crippen LogP) is 2.17. The van der Waals surface area contributed by atoms with Crippen LogP contribution in [0, 0.1) is 0 Å². The molecular weight excluding hydrogens is 314 g/mol. The fourth-order valence-electron chi connectivity index (χ4n) is 4.50. The van der Waals surface area contributed by atoms with Gasteiger partial charge in [-0.2, -0.15) is 0 Å². The molecule has 1 aromatic carbocycles. The van der Waals surface area contributed by atoms with Gasteiger partial charge in [0, 0.05) is 38.3 Å². The molecule has 3 aliphatic heterocycles. The van der Waals surface area contributed by atoms with Gasteiger partial charge in [0.2, 0.25) is 0 Å². The summed E-state index contributed by atoms with van der Waals surface area (Å²) in [4.78, 5) is 7.42. The van der Waals surface area contributed by atoms with Crippen LogP contribution in [0.2, 0.25) is 0 Å². The third kappa shape index (κ3) is 3.70. The molecule has 25 heavy (non-hydrogen) atoms. The van der Waals surface area contributed by atoms with E-state index in [1.54, 1.807) is 0 Å². The molecule has 3 saturated heterocycles. The topological polar surface area (TPSA) is 28.2 Å². The van der Waals surface area contributed by atoms with E-state index in [1.807, 2.05) is 0 Å². The predicted molar refractivity (Wildman–Crippen MR) is 99.9 cm³/mol. The van der Waals surface area contributed by atoms with Gasteiger partial charge in [0.05, 0.1) is 19.8 Å². The summed E-state index contributed by atoms with van der Waals surface area (Å²) in [6.45, 7) is 6.78. The molecule has 5 heteroatoms. The highest BCUT2D eigenvalue weighted by Gasteiger charge is 2.43. The van der Waals surface area contributed by atoms with Crippen molar-refractivity contribution in [3.63, 3.8) is 0 Å². The minimum absolute atomic E-state index is 0.325. The molecule has 0 radical (unpaired) electrons. The van der Waals surface area contributed by atoms with E-state index < -0.39 is 0 Å². The Morgan fingerprint density at radius 1 is 1.12 bits per heavy atom. The van der Waals surface area contributed by atoms with Crippen LogP contribution in [0.3, 0.4) is 0 Å². The first kappa shape index (κ1) is 17.3. The van der Waals surface area contributed by atoms with Gasteiger partial charge in [-0.15, -0.1) is 0 Å². The maximum Gasteiger partial charge on any atom is 0.182 e. The second-order valence-electron chi connectivity index (χ2n) is 7.84. The van der Waals surface area contributed by atoms with Gasteiger partial charge >= 0.3 is 0 Å². The molecule has 1 spiro atoms. The SMILES string of the molecule is CN1CCC(N(C)c2ccccc2CN2CCC3(C2)OCCO3)CC1. The van der Waals surface area contributed by atoms with Crippen LogP contribution in [0.15, 0.2) is 24.3 Å². The first-order chi connectivity index (χ1) is 12.2. The number of likely N-dealkylation sites (tertiary alicyclic amines) is 2. The molecule has 0 aromatic heterocycles. The molecule has 4 rings (SSSR count). The molecular formula is C20H31N3O2. The van der Waals surface area contributed by atoms with Crippen molar-refractivity contribution in [3.8, 4) is 0 Å². The zero-order valence-corrected chi connectivity index (χ0v) is 15.6. The minimum atomic E-state index is -0.325. The van der Waals surface area contributed by atoms with Gasteiger partial charge in [0.25, 0.3) is 0 Å². The number of nitrogens with zero attached hydrogens (tertiary/aromatic N) is 3. The number of piperidine rings is 1. The highest BCUT2D eigenvalue weighted by atomic mass is 16.7. The third-order valence-electron chi connectivity index (χ3n) is 6.09. The summed E-state index contributed by atoms with van der Waals surface area (Å²) in [5, 5.41) is 0. The van der Waals surface area contributed by atoms with E-state index in [9.17, 15) is 0 Å². The standard InChI is InChI=1S/C20H31N3O2/c1-21-10-7-18(8-11-21)22(2)19-6-4-3-5-17(19)15-23-12-9-20(16-23)24-13-14-25-20/h3-6,18H,7-16H2,1-2H3. The molecule has 3 aliphatic rings. The normalized spacial score (nSPS) is 25.0. The van der Waals surface area contributed by atoms with E-state index in [1.165, 1.54) is 37.2 Å². The number of hydrogen-bond donors (Lipinski definition) is 0. The summed E-state index contributed by atoms with van der Waals surface area (Å²) in [6, 6.07) is 9.53. The van der Waals surface area contributed by atoms with Crippen LogP contribution in [0.1, 0.15) is 24.8 Å². The van der Waals surface area contributed by atoms with E-state index in [0.717, 1.165) is 39.3 Å². The fraction of sp³-hybridized carbons (Fsp3) is 0.700. The molecule has 0 unspecified atom stereocenters. The molecule has 1 aromatic rings. The van der Waals surface area contributed by atoms with Crippen LogP contribution >= 0.6 is 0 Å². The van der Waals surface area contributed by atoms with Crippen LogP contribution in [0.4, 0.5) is 5.69 Å². The maximum absolute atomic E-state index is 5.87. The number of anilines is 1. The van der Waals surface area contributed by atoms with Gasteiger partial charge < -0.3 is 19.3 Å². The third-order valence-corrected chi connectivity index (χ3v) is 6.09. The Labute approximate surface area is 151 Å². The molecule has 0 aliphatic carbocycles. The van der Waals surface area contributed by atoms with E-state index in [0.29, 0.717) is 6.04 Å². The smallest absolute Gasteiger partial charge is 0.182 e. The van der Waals surface area contributed by atoms with Gasteiger partial charge in [-0.1, -0.05) is 18.2 Å². The van der Waals surface area contributed by atoms with E-state index >= 15 is 0 Å². The molecule has 0 saturated carbocycles. The Morgan fingerprint density at radius 2 is 1.84 bits per heavy atom.